The van der Waals surface area contributed by atoms with Crippen molar-refractivity contribution in [1.29, 1.82) is 0 Å². The maximum atomic E-state index is 12.4. The summed E-state index contributed by atoms with van der Waals surface area (Å²) >= 11 is 1.44. The molecule has 0 aliphatic carbocycles. The standard InChI is InChI=1S/C14H13F3N4O8S4/c15-14(16,17)32-3-6(22)18-8-10(23)21-9(12(24)25)5(1-30-11(8)21)2-31-13-20-19-7(29-13)4-33(26,27)28/h8,11H,1-4H2,(H,18,22)(H,24,25)(H,26,27,28). The first-order chi connectivity index (χ1) is 15.2. The maximum Gasteiger partial charge on any atom is 0.442 e. The van der Waals surface area contributed by atoms with E-state index in [2.05, 4.69) is 15.5 Å². The Morgan fingerprint density at radius 1 is 1.33 bits per heavy atom. The van der Waals surface area contributed by atoms with E-state index in [4.69, 9.17) is 8.97 Å². The molecule has 2 unspecified atom stereocenters. The Morgan fingerprint density at radius 2 is 2.03 bits per heavy atom. The molecule has 0 saturated carbocycles. The van der Waals surface area contributed by atoms with Gasteiger partial charge in [-0.15, -0.1) is 22.0 Å². The van der Waals surface area contributed by atoms with Crippen LogP contribution in [0, 0.1) is 0 Å². The molecule has 33 heavy (non-hydrogen) atoms. The Hall–Kier alpha value is -1.96. The van der Waals surface area contributed by atoms with Crippen molar-refractivity contribution < 1.29 is 50.0 Å². The van der Waals surface area contributed by atoms with Crippen LogP contribution < -0.4 is 5.32 Å². The molecule has 3 N–H and O–H groups in total. The number of aromatic nitrogens is 2. The minimum absolute atomic E-state index is 0.0160. The molecule has 0 bridgehead atoms. The van der Waals surface area contributed by atoms with Crippen molar-refractivity contribution in [2.24, 2.45) is 0 Å². The number of β-lactam (4-membered cyclic amide) rings is 1. The van der Waals surface area contributed by atoms with Crippen molar-refractivity contribution in [1.82, 2.24) is 20.4 Å². The zero-order valence-electron chi connectivity index (χ0n) is 15.9. The molecule has 2 aliphatic heterocycles. The van der Waals surface area contributed by atoms with E-state index >= 15 is 0 Å². The zero-order valence-corrected chi connectivity index (χ0v) is 19.2. The van der Waals surface area contributed by atoms with E-state index in [9.17, 15) is 41.1 Å². The summed E-state index contributed by atoms with van der Waals surface area (Å²) in [6.07, 6.45) is 0. The molecule has 12 nitrogen and oxygen atoms in total. The third-order valence-electron chi connectivity index (χ3n) is 4.06. The van der Waals surface area contributed by atoms with E-state index in [1.165, 1.54) is 0 Å². The molecule has 182 valence electrons. The molecule has 1 fully saturated rings. The molecule has 0 aromatic carbocycles. The van der Waals surface area contributed by atoms with E-state index in [1.807, 2.05) is 0 Å². The molecule has 3 rings (SSSR count). The fraction of sp³-hybridized carbons (Fsp3) is 0.500. The summed E-state index contributed by atoms with van der Waals surface area (Å²) in [5.41, 5.74) is -4.64. The number of nitrogens with one attached hydrogen (secondary N) is 1. The third-order valence-corrected chi connectivity index (χ3v) is 7.65. The normalized spacial score (nSPS) is 21.0. The van der Waals surface area contributed by atoms with E-state index in [0.717, 1.165) is 28.4 Å². The first-order valence-electron chi connectivity index (χ1n) is 8.55. The number of carboxylic acids is 1. The van der Waals surface area contributed by atoms with Crippen molar-refractivity contribution in [2.75, 3.05) is 17.3 Å². The predicted octanol–water partition coefficient (Wildman–Crippen LogP) is 0.541. The lowest BCUT2D eigenvalue weighted by Gasteiger charge is -2.49. The lowest BCUT2D eigenvalue weighted by atomic mass is 10.0. The van der Waals surface area contributed by atoms with Crippen LogP contribution in [-0.2, 0) is 30.3 Å². The molecular weight excluding hydrogens is 537 g/mol. The molecule has 3 heterocycles. The highest BCUT2D eigenvalue weighted by Gasteiger charge is 2.54. The lowest BCUT2D eigenvalue weighted by Crippen LogP contribution is -2.70. The molecule has 1 aromatic heterocycles. The molecule has 19 heteroatoms. The monoisotopic (exact) mass is 550 g/mol. The van der Waals surface area contributed by atoms with Crippen molar-refractivity contribution in [2.45, 2.75) is 27.9 Å². The number of aliphatic carboxylic acids is 1. The first-order valence-corrected chi connectivity index (χ1v) is 13.2. The molecule has 2 aliphatic rings. The van der Waals surface area contributed by atoms with Gasteiger partial charge < -0.3 is 14.8 Å². The van der Waals surface area contributed by atoms with Crippen LogP contribution in [0.4, 0.5) is 13.2 Å². The Bertz CT molecular complexity index is 1110. The van der Waals surface area contributed by atoms with Gasteiger partial charge in [-0.25, -0.2) is 4.79 Å². The number of hydrogen-bond acceptors (Lipinski definition) is 11. The van der Waals surface area contributed by atoms with E-state index in [0.29, 0.717) is 5.57 Å². The van der Waals surface area contributed by atoms with Crippen LogP contribution in [0.2, 0.25) is 0 Å². The largest absolute Gasteiger partial charge is 0.477 e. The van der Waals surface area contributed by atoms with E-state index < -0.39 is 68.1 Å². The predicted molar refractivity (Wildman–Crippen MR) is 108 cm³/mol. The van der Waals surface area contributed by atoms with Crippen molar-refractivity contribution in [3.8, 4) is 0 Å². The number of rotatable bonds is 9. The SMILES string of the molecule is O=C(CSC(F)(F)F)NC1C(=O)N2C(C(=O)O)=C(CSc3nnc(CS(=O)(=O)O)o3)CSC12. The maximum absolute atomic E-state index is 12.4. The van der Waals surface area contributed by atoms with Gasteiger partial charge in [0.2, 0.25) is 11.8 Å². The van der Waals surface area contributed by atoms with Gasteiger partial charge in [0, 0.05) is 11.5 Å². The van der Waals surface area contributed by atoms with Gasteiger partial charge in [-0.2, -0.15) is 21.6 Å². The van der Waals surface area contributed by atoms with Gasteiger partial charge in [-0.1, -0.05) is 11.8 Å². The van der Waals surface area contributed by atoms with Gasteiger partial charge in [0.1, 0.15) is 17.1 Å². The summed E-state index contributed by atoms with van der Waals surface area (Å²) in [5.74, 6) is -5.28. The number of carboxylic acid groups (broad SMARTS) is 1. The van der Waals surface area contributed by atoms with Gasteiger partial charge in [0.25, 0.3) is 21.2 Å². The van der Waals surface area contributed by atoms with Crippen LogP contribution in [0.25, 0.3) is 0 Å². The molecule has 2 amide bonds. The Balaban J connectivity index is 1.65. The van der Waals surface area contributed by atoms with E-state index in [-0.39, 0.29) is 28.3 Å². The minimum atomic E-state index is -4.61. The summed E-state index contributed by atoms with van der Waals surface area (Å²) in [7, 11) is -4.38. The van der Waals surface area contributed by atoms with Gasteiger partial charge in [0.05, 0.1) is 5.75 Å². The third kappa shape index (κ3) is 6.55. The second-order valence-corrected chi connectivity index (χ2v) is 10.9. The number of alkyl halides is 3. The van der Waals surface area contributed by atoms with Crippen LogP contribution in [0.3, 0.4) is 0 Å². The Labute approximate surface area is 195 Å². The fourth-order valence-electron chi connectivity index (χ4n) is 2.82. The number of amides is 2. The molecule has 2 atom stereocenters. The van der Waals surface area contributed by atoms with Crippen LogP contribution in [0.1, 0.15) is 5.89 Å². The summed E-state index contributed by atoms with van der Waals surface area (Å²) in [6, 6.07) is -1.15. The summed E-state index contributed by atoms with van der Waals surface area (Å²) in [4.78, 5) is 36.9. The van der Waals surface area contributed by atoms with Crippen molar-refractivity contribution in [3.63, 3.8) is 0 Å². The number of nitrogens with zero attached hydrogens (tertiary/aromatic N) is 3. The number of thioether (sulfide) groups is 3. The fourth-order valence-corrected chi connectivity index (χ4v) is 5.89. The molecular formula is C14H13F3N4O8S4. The molecule has 0 spiro atoms. The van der Waals surface area contributed by atoms with Gasteiger partial charge in [0.15, 0.2) is 5.75 Å². The van der Waals surface area contributed by atoms with Crippen LogP contribution >= 0.6 is 35.3 Å². The number of carbonyl (C=O) groups is 3. The second kappa shape index (κ2) is 9.72. The molecule has 1 saturated heterocycles. The van der Waals surface area contributed by atoms with Crippen molar-refractivity contribution >= 4 is 63.2 Å². The topological polar surface area (TPSA) is 180 Å². The highest BCUT2D eigenvalue weighted by atomic mass is 32.2. The number of fused-ring (bicyclic) bond motifs is 1. The van der Waals surface area contributed by atoms with Gasteiger partial charge in [-0.05, 0) is 17.3 Å². The highest BCUT2D eigenvalue weighted by Crippen LogP contribution is 2.41. The lowest BCUT2D eigenvalue weighted by molar-refractivity contribution is -0.150. The smallest absolute Gasteiger partial charge is 0.442 e. The number of halogens is 3. The summed E-state index contributed by atoms with van der Waals surface area (Å²) in [5, 5.41) is 17.9. The Kier molecular flexibility index (Phi) is 7.56. The second-order valence-electron chi connectivity index (χ2n) is 6.42. The average Bonchev–Trinajstić information content (AvgIpc) is 3.12. The number of hydrogen-bond donors (Lipinski definition) is 3. The molecule has 0 radical (unpaired) electrons. The highest BCUT2D eigenvalue weighted by molar-refractivity contribution is 8.01. The van der Waals surface area contributed by atoms with Gasteiger partial charge in [-0.3, -0.25) is 19.0 Å². The summed E-state index contributed by atoms with van der Waals surface area (Å²) < 4.78 is 72.2. The Morgan fingerprint density at radius 3 is 2.64 bits per heavy atom. The summed E-state index contributed by atoms with van der Waals surface area (Å²) in [6.45, 7) is 0. The first kappa shape index (κ1) is 25.7. The quantitative estimate of drug-likeness (QED) is 0.220. The van der Waals surface area contributed by atoms with Crippen LogP contribution in [-0.4, -0.2) is 85.1 Å². The molecule has 1 aromatic rings. The van der Waals surface area contributed by atoms with Crippen molar-refractivity contribution in [3.05, 3.63) is 17.2 Å². The van der Waals surface area contributed by atoms with E-state index in [1.54, 1.807) is 0 Å². The van der Waals surface area contributed by atoms with Crippen LogP contribution in [0.15, 0.2) is 20.9 Å². The number of carbonyl (C=O) groups excluding carboxylic acids is 2. The average molecular weight is 551 g/mol. The van der Waals surface area contributed by atoms with Gasteiger partial charge >= 0.3 is 11.5 Å². The van der Waals surface area contributed by atoms with Crippen LogP contribution in [0.5, 0.6) is 0 Å². The minimum Gasteiger partial charge on any atom is -0.477 e. The zero-order chi connectivity index (χ0) is 24.6.